The van der Waals surface area contributed by atoms with E-state index in [2.05, 4.69) is 9.97 Å². The fourth-order valence-corrected chi connectivity index (χ4v) is 2.94. The van der Waals surface area contributed by atoms with E-state index in [0.717, 1.165) is 15.9 Å². The molecular formula is C18H17N5O4. The number of methoxy groups -OCH3 is 1. The number of oxazole rings is 1. The lowest BCUT2D eigenvalue weighted by molar-refractivity contribution is 0.415. The Balaban J connectivity index is 1.70. The smallest absolute Gasteiger partial charge is 0.332 e. The molecule has 0 atom stereocenters. The molecule has 3 aromatic heterocycles. The Kier molecular flexibility index (Phi) is 3.91. The monoisotopic (exact) mass is 367 g/mol. The molecule has 4 rings (SSSR count). The van der Waals surface area contributed by atoms with E-state index >= 15 is 0 Å². The summed E-state index contributed by atoms with van der Waals surface area (Å²) in [6, 6.07) is 7.36. The number of fused-ring (bicyclic) bond motifs is 1. The molecule has 0 aliphatic carbocycles. The van der Waals surface area contributed by atoms with Gasteiger partial charge in [-0.3, -0.25) is 13.9 Å². The number of nitrogens with zero attached hydrogens (tertiary/aromatic N) is 5. The van der Waals surface area contributed by atoms with Gasteiger partial charge in [0.15, 0.2) is 11.2 Å². The molecule has 0 amide bonds. The van der Waals surface area contributed by atoms with Crippen LogP contribution in [0, 0.1) is 0 Å². The first kappa shape index (κ1) is 16.8. The summed E-state index contributed by atoms with van der Waals surface area (Å²) in [6.45, 7) is 0.295. The summed E-state index contributed by atoms with van der Waals surface area (Å²) in [5.74, 6) is 1.22. The maximum absolute atomic E-state index is 12.5. The zero-order valence-electron chi connectivity index (χ0n) is 15.0. The summed E-state index contributed by atoms with van der Waals surface area (Å²) in [5.41, 5.74) is 1.31. The zero-order chi connectivity index (χ0) is 19.1. The molecule has 0 aliphatic rings. The quantitative estimate of drug-likeness (QED) is 0.537. The van der Waals surface area contributed by atoms with Gasteiger partial charge in [-0.15, -0.1) is 0 Å². The molecule has 0 radical (unpaired) electrons. The van der Waals surface area contributed by atoms with Gasteiger partial charge in [-0.2, -0.15) is 0 Å². The Morgan fingerprint density at radius 2 is 1.85 bits per heavy atom. The van der Waals surface area contributed by atoms with E-state index in [1.165, 1.54) is 24.2 Å². The van der Waals surface area contributed by atoms with Crippen LogP contribution in [0.25, 0.3) is 22.6 Å². The highest BCUT2D eigenvalue weighted by Gasteiger charge is 2.15. The molecular weight excluding hydrogens is 350 g/mol. The molecule has 4 aromatic rings. The maximum atomic E-state index is 12.5. The molecule has 0 bridgehead atoms. The second kappa shape index (κ2) is 6.27. The average Bonchev–Trinajstić information content (AvgIpc) is 3.32. The Morgan fingerprint density at radius 3 is 2.56 bits per heavy atom. The van der Waals surface area contributed by atoms with Crippen LogP contribution in [0.3, 0.4) is 0 Å². The van der Waals surface area contributed by atoms with Gasteiger partial charge >= 0.3 is 5.69 Å². The lowest BCUT2D eigenvalue weighted by atomic mass is 10.2. The molecule has 27 heavy (non-hydrogen) atoms. The largest absolute Gasteiger partial charge is 0.497 e. The summed E-state index contributed by atoms with van der Waals surface area (Å²) in [5, 5.41) is 0. The Labute approximate surface area is 153 Å². The van der Waals surface area contributed by atoms with Crippen LogP contribution in [0.4, 0.5) is 0 Å². The van der Waals surface area contributed by atoms with Crippen molar-refractivity contribution in [3.8, 4) is 17.2 Å². The zero-order valence-corrected chi connectivity index (χ0v) is 15.0. The van der Waals surface area contributed by atoms with Crippen LogP contribution in [0.5, 0.6) is 5.75 Å². The van der Waals surface area contributed by atoms with Gasteiger partial charge in [0, 0.05) is 19.7 Å². The summed E-state index contributed by atoms with van der Waals surface area (Å²) < 4.78 is 14.8. The molecule has 9 heteroatoms. The van der Waals surface area contributed by atoms with Crippen molar-refractivity contribution in [2.75, 3.05) is 7.11 Å². The first-order valence-electron chi connectivity index (χ1n) is 8.19. The van der Waals surface area contributed by atoms with E-state index in [4.69, 9.17) is 9.15 Å². The van der Waals surface area contributed by atoms with Crippen LogP contribution in [-0.2, 0) is 20.6 Å². The minimum Gasteiger partial charge on any atom is -0.497 e. The van der Waals surface area contributed by atoms with Crippen molar-refractivity contribution in [1.82, 2.24) is 23.7 Å². The van der Waals surface area contributed by atoms with Crippen LogP contribution in [0.2, 0.25) is 0 Å². The van der Waals surface area contributed by atoms with Gasteiger partial charge in [0.2, 0.25) is 5.89 Å². The molecule has 0 saturated carbocycles. The number of aromatic nitrogens is 5. The van der Waals surface area contributed by atoms with Crippen molar-refractivity contribution in [2.45, 2.75) is 6.54 Å². The third-order valence-corrected chi connectivity index (χ3v) is 4.44. The van der Waals surface area contributed by atoms with E-state index in [9.17, 15) is 9.59 Å². The molecule has 3 heterocycles. The average molecular weight is 367 g/mol. The van der Waals surface area contributed by atoms with Gasteiger partial charge in [0.05, 0.1) is 25.7 Å². The minimum absolute atomic E-state index is 0.295. The standard InChI is InChI=1S/C18H17N5O4/c1-21-15-14(17(24)22(2)18(21)25)23(10-19-15)8-12-9-27-16(20-12)11-4-6-13(26-3)7-5-11/h4-7,9-10H,8H2,1-3H3. The molecule has 0 spiro atoms. The lowest BCUT2D eigenvalue weighted by Crippen LogP contribution is -2.37. The predicted octanol–water partition coefficient (Wildman–Crippen LogP) is 1.15. The number of hydrogen-bond donors (Lipinski definition) is 0. The van der Waals surface area contributed by atoms with Gasteiger partial charge in [0.25, 0.3) is 5.56 Å². The van der Waals surface area contributed by atoms with Crippen LogP contribution >= 0.6 is 0 Å². The highest BCUT2D eigenvalue weighted by Crippen LogP contribution is 2.22. The summed E-state index contributed by atoms with van der Waals surface area (Å²) >= 11 is 0. The van der Waals surface area contributed by atoms with Gasteiger partial charge in [-0.1, -0.05) is 0 Å². The summed E-state index contributed by atoms with van der Waals surface area (Å²) in [4.78, 5) is 33.2. The highest BCUT2D eigenvalue weighted by atomic mass is 16.5. The van der Waals surface area contributed by atoms with Crippen LogP contribution < -0.4 is 16.0 Å². The molecule has 0 N–H and O–H groups in total. The van der Waals surface area contributed by atoms with Crippen LogP contribution in [0.15, 0.2) is 50.9 Å². The van der Waals surface area contributed by atoms with Gasteiger partial charge in [0.1, 0.15) is 12.0 Å². The van der Waals surface area contributed by atoms with Crippen LogP contribution in [-0.4, -0.2) is 30.8 Å². The third kappa shape index (κ3) is 2.73. The Morgan fingerprint density at radius 1 is 1.11 bits per heavy atom. The number of aryl methyl sites for hydroxylation is 1. The van der Waals surface area contributed by atoms with Crippen molar-refractivity contribution in [2.24, 2.45) is 14.1 Å². The molecule has 9 nitrogen and oxygen atoms in total. The topological polar surface area (TPSA) is 97.1 Å². The molecule has 0 unspecified atom stereocenters. The maximum Gasteiger partial charge on any atom is 0.332 e. The molecule has 0 saturated heterocycles. The summed E-state index contributed by atoms with van der Waals surface area (Å²) in [7, 11) is 4.63. The van der Waals surface area contributed by atoms with E-state index in [-0.39, 0.29) is 0 Å². The van der Waals surface area contributed by atoms with Gasteiger partial charge in [-0.25, -0.2) is 14.8 Å². The number of hydrogen-bond acceptors (Lipinski definition) is 6. The molecule has 138 valence electrons. The molecule has 0 aliphatic heterocycles. The van der Waals surface area contributed by atoms with E-state index in [1.807, 2.05) is 24.3 Å². The number of ether oxygens (including phenoxy) is 1. The summed E-state index contributed by atoms with van der Waals surface area (Å²) in [6.07, 6.45) is 3.06. The first-order valence-corrected chi connectivity index (χ1v) is 8.19. The van der Waals surface area contributed by atoms with E-state index in [0.29, 0.717) is 29.3 Å². The second-order valence-corrected chi connectivity index (χ2v) is 6.12. The Bertz CT molecular complexity index is 1240. The van der Waals surface area contributed by atoms with Crippen molar-refractivity contribution in [3.05, 3.63) is 63.4 Å². The fourth-order valence-electron chi connectivity index (χ4n) is 2.94. The lowest BCUT2D eigenvalue weighted by Gasteiger charge is -2.05. The predicted molar refractivity (Wildman–Crippen MR) is 97.8 cm³/mol. The highest BCUT2D eigenvalue weighted by molar-refractivity contribution is 5.70. The molecule has 0 fully saturated rings. The first-order chi connectivity index (χ1) is 13.0. The van der Waals surface area contributed by atoms with E-state index < -0.39 is 11.2 Å². The molecule has 1 aromatic carbocycles. The minimum atomic E-state index is -0.416. The van der Waals surface area contributed by atoms with Crippen molar-refractivity contribution >= 4 is 11.2 Å². The number of rotatable bonds is 4. The second-order valence-electron chi connectivity index (χ2n) is 6.12. The Hall–Kier alpha value is -3.62. The van der Waals surface area contributed by atoms with E-state index in [1.54, 1.807) is 18.7 Å². The van der Waals surface area contributed by atoms with Crippen molar-refractivity contribution in [1.29, 1.82) is 0 Å². The SMILES string of the molecule is COc1ccc(-c2nc(Cn3cnc4c3c(=O)n(C)c(=O)n4C)co2)cc1. The fraction of sp³-hybridized carbons (Fsp3) is 0.222. The third-order valence-electron chi connectivity index (χ3n) is 4.44. The van der Waals surface area contributed by atoms with Gasteiger partial charge in [-0.05, 0) is 24.3 Å². The number of benzene rings is 1. The number of imidazole rings is 1. The van der Waals surface area contributed by atoms with Crippen LogP contribution in [0.1, 0.15) is 5.69 Å². The normalized spacial score (nSPS) is 11.2. The van der Waals surface area contributed by atoms with Gasteiger partial charge < -0.3 is 13.7 Å². The van der Waals surface area contributed by atoms with Crippen molar-refractivity contribution in [3.63, 3.8) is 0 Å². The van der Waals surface area contributed by atoms with Crippen molar-refractivity contribution < 1.29 is 9.15 Å².